The largest absolute Gasteiger partial charge is 0.237 e. The van der Waals surface area contributed by atoms with Crippen LogP contribution in [-0.2, 0) is 11.0 Å². The minimum atomic E-state index is -0.999. The van der Waals surface area contributed by atoms with E-state index in [1.165, 1.54) is 0 Å². The van der Waals surface area contributed by atoms with Gasteiger partial charge in [-0.1, -0.05) is 32.0 Å². The molecule has 0 heterocycles. The Balaban J connectivity index is 2.94. The molecule has 0 aliphatic rings. The van der Waals surface area contributed by atoms with Gasteiger partial charge in [-0.05, 0) is 18.6 Å². The number of hydrogen-bond acceptors (Lipinski definition) is 1. The van der Waals surface area contributed by atoms with Crippen molar-refractivity contribution in [3.05, 3.63) is 29.8 Å². The predicted molar refractivity (Wildman–Crippen MR) is 60.5 cm³/mol. The molecule has 1 aromatic carbocycles. The topological polar surface area (TPSA) is 20.3 Å². The average molecular weight is 211 g/mol. The summed E-state index contributed by atoms with van der Waals surface area (Å²) in [7, 11) is -0.999. The Bertz CT molecular complexity index is 321. The summed E-state index contributed by atoms with van der Waals surface area (Å²) in [6.07, 6.45) is 0. The molecule has 0 aliphatic carbocycles. The Labute approximate surface area is 88.5 Å². The zero-order valence-corrected chi connectivity index (χ0v) is 9.80. The molecule has 0 N–H and O–H groups in total. The van der Waals surface area contributed by atoms with Crippen molar-refractivity contribution >= 4 is 11.0 Å². The van der Waals surface area contributed by atoms with E-state index in [-0.39, 0.29) is 0 Å². The van der Waals surface area contributed by atoms with E-state index in [4.69, 9.17) is 0 Å². The van der Waals surface area contributed by atoms with Crippen molar-refractivity contribution in [3.8, 4) is 0 Å². The summed E-state index contributed by atoms with van der Waals surface area (Å²) in [6.45, 7) is 7.69. The molecule has 0 aliphatic heterocycles. The molecule has 1 rings (SSSR count). The second-order valence-electron chi connectivity index (χ2n) is 3.13. The Morgan fingerprint density at radius 2 is 1.79 bits per heavy atom. The summed E-state index contributed by atoms with van der Waals surface area (Å²) in [6, 6.07) is 7.84. The van der Waals surface area contributed by atoms with E-state index in [1.54, 1.807) is 0 Å². The van der Waals surface area contributed by atoms with Crippen LogP contribution in [0, 0.1) is 6.92 Å². The molecule has 0 aromatic heterocycles. The van der Waals surface area contributed by atoms with E-state index in [0.29, 0.717) is 0 Å². The molecule has 14 heavy (non-hydrogen) atoms. The van der Waals surface area contributed by atoms with Crippen molar-refractivity contribution in [1.82, 2.24) is 4.31 Å². The van der Waals surface area contributed by atoms with Crippen LogP contribution >= 0.6 is 0 Å². The van der Waals surface area contributed by atoms with Crippen molar-refractivity contribution in [3.63, 3.8) is 0 Å². The molecule has 0 saturated heterocycles. The first-order valence-electron chi connectivity index (χ1n) is 4.93. The molecule has 1 unspecified atom stereocenters. The maximum absolute atomic E-state index is 12.1. The second kappa shape index (κ2) is 5.27. The van der Waals surface area contributed by atoms with E-state index < -0.39 is 11.0 Å². The van der Waals surface area contributed by atoms with E-state index >= 15 is 0 Å². The van der Waals surface area contributed by atoms with Crippen molar-refractivity contribution < 1.29 is 4.21 Å². The molecule has 1 atom stereocenters. The minimum absolute atomic E-state index is 0.817. The number of hydrogen-bond donors (Lipinski definition) is 0. The van der Waals surface area contributed by atoms with Crippen molar-refractivity contribution in [2.45, 2.75) is 25.7 Å². The molecule has 0 spiro atoms. The van der Waals surface area contributed by atoms with Gasteiger partial charge in [0.15, 0.2) is 0 Å². The summed E-state index contributed by atoms with van der Waals surface area (Å²) >= 11 is 0. The van der Waals surface area contributed by atoms with Gasteiger partial charge < -0.3 is 0 Å². The van der Waals surface area contributed by atoms with Crippen LogP contribution in [0.25, 0.3) is 0 Å². The highest BCUT2D eigenvalue weighted by atomic mass is 32.2. The van der Waals surface area contributed by atoms with Gasteiger partial charge in [0.05, 0.1) is 4.90 Å². The first-order chi connectivity index (χ1) is 6.70. The fourth-order valence-corrected chi connectivity index (χ4v) is 2.64. The van der Waals surface area contributed by atoms with Gasteiger partial charge in [0.25, 0.3) is 0 Å². The fraction of sp³-hybridized carbons (Fsp3) is 0.455. The fourth-order valence-electron chi connectivity index (χ4n) is 1.35. The molecule has 78 valence electrons. The summed E-state index contributed by atoms with van der Waals surface area (Å²) in [5, 5.41) is 0. The quantitative estimate of drug-likeness (QED) is 0.748. The van der Waals surface area contributed by atoms with Crippen LogP contribution in [0.5, 0.6) is 0 Å². The first-order valence-corrected chi connectivity index (χ1v) is 6.03. The number of rotatable bonds is 4. The van der Waals surface area contributed by atoms with E-state index in [9.17, 15) is 4.21 Å². The highest BCUT2D eigenvalue weighted by molar-refractivity contribution is 7.82. The molecule has 3 heteroatoms. The normalized spacial score (nSPS) is 13.1. The zero-order chi connectivity index (χ0) is 10.6. The number of aryl methyl sites for hydroxylation is 1. The molecule has 0 bridgehead atoms. The van der Waals surface area contributed by atoms with Gasteiger partial charge in [-0.2, -0.15) is 0 Å². The highest BCUT2D eigenvalue weighted by Gasteiger charge is 2.12. The predicted octanol–water partition coefficient (Wildman–Crippen LogP) is 2.36. The third-order valence-electron chi connectivity index (χ3n) is 2.22. The van der Waals surface area contributed by atoms with E-state index in [0.717, 1.165) is 23.5 Å². The lowest BCUT2D eigenvalue weighted by Crippen LogP contribution is -2.25. The smallest absolute Gasteiger partial charge is 0.127 e. The Morgan fingerprint density at radius 3 is 2.29 bits per heavy atom. The van der Waals surface area contributed by atoms with E-state index in [1.807, 2.05) is 49.3 Å². The van der Waals surface area contributed by atoms with Crippen LogP contribution in [0.2, 0.25) is 0 Å². The van der Waals surface area contributed by atoms with Crippen LogP contribution in [-0.4, -0.2) is 21.6 Å². The average Bonchev–Trinajstić information content (AvgIpc) is 2.20. The molecule has 2 nitrogen and oxygen atoms in total. The van der Waals surface area contributed by atoms with Gasteiger partial charge in [0.2, 0.25) is 0 Å². The molecule has 0 fully saturated rings. The van der Waals surface area contributed by atoms with Crippen LogP contribution < -0.4 is 0 Å². The molecular weight excluding hydrogens is 194 g/mol. The molecular formula is C11H17NOS. The second-order valence-corrected chi connectivity index (χ2v) is 4.58. The summed E-state index contributed by atoms with van der Waals surface area (Å²) < 4.78 is 14.0. The third kappa shape index (κ3) is 2.42. The van der Waals surface area contributed by atoms with Crippen molar-refractivity contribution in [2.75, 3.05) is 13.1 Å². The van der Waals surface area contributed by atoms with Crippen LogP contribution in [0.15, 0.2) is 29.2 Å². The summed E-state index contributed by atoms with van der Waals surface area (Å²) in [5.74, 6) is 0. The van der Waals surface area contributed by atoms with Gasteiger partial charge >= 0.3 is 0 Å². The summed E-state index contributed by atoms with van der Waals surface area (Å²) in [4.78, 5) is 0.927. The maximum Gasteiger partial charge on any atom is 0.127 e. The minimum Gasteiger partial charge on any atom is -0.237 e. The number of benzene rings is 1. The number of nitrogens with zero attached hydrogens (tertiary/aromatic N) is 1. The van der Waals surface area contributed by atoms with Gasteiger partial charge in [0, 0.05) is 13.1 Å². The Kier molecular flexibility index (Phi) is 4.29. The van der Waals surface area contributed by atoms with Crippen LogP contribution in [0.4, 0.5) is 0 Å². The monoisotopic (exact) mass is 211 g/mol. The standard InChI is InChI=1S/C11H17NOS/c1-4-12(5-2)14(13)11-9-7-6-8-10(11)3/h6-9H,4-5H2,1-3H3. The third-order valence-corrected chi connectivity index (χ3v) is 4.04. The Morgan fingerprint density at radius 1 is 1.21 bits per heavy atom. The Hall–Kier alpha value is -0.670. The highest BCUT2D eigenvalue weighted by Crippen LogP contribution is 2.14. The summed E-state index contributed by atoms with van der Waals surface area (Å²) in [5.41, 5.74) is 1.10. The molecule has 1 aromatic rings. The van der Waals surface area contributed by atoms with Crippen LogP contribution in [0.1, 0.15) is 19.4 Å². The zero-order valence-electron chi connectivity index (χ0n) is 8.99. The van der Waals surface area contributed by atoms with Crippen molar-refractivity contribution in [2.24, 2.45) is 0 Å². The SMILES string of the molecule is CCN(CC)S(=O)c1ccccc1C. The lowest BCUT2D eigenvalue weighted by atomic mass is 10.2. The maximum atomic E-state index is 12.1. The van der Waals surface area contributed by atoms with Gasteiger partial charge in [-0.3, -0.25) is 0 Å². The molecule has 0 saturated carbocycles. The van der Waals surface area contributed by atoms with Gasteiger partial charge in [0.1, 0.15) is 11.0 Å². The van der Waals surface area contributed by atoms with Crippen molar-refractivity contribution in [1.29, 1.82) is 0 Å². The molecule has 0 radical (unpaired) electrons. The molecule has 0 amide bonds. The lowest BCUT2D eigenvalue weighted by Gasteiger charge is -2.17. The van der Waals surface area contributed by atoms with E-state index in [2.05, 4.69) is 0 Å². The van der Waals surface area contributed by atoms with Crippen LogP contribution in [0.3, 0.4) is 0 Å². The lowest BCUT2D eigenvalue weighted by molar-refractivity contribution is 0.489. The first kappa shape index (κ1) is 11.4. The van der Waals surface area contributed by atoms with Gasteiger partial charge in [-0.25, -0.2) is 8.51 Å². The van der Waals surface area contributed by atoms with Gasteiger partial charge in [-0.15, -0.1) is 0 Å².